The lowest BCUT2D eigenvalue weighted by atomic mass is 9.85. The summed E-state index contributed by atoms with van der Waals surface area (Å²) in [5.41, 5.74) is 11.2. The fourth-order valence-electron chi connectivity index (χ4n) is 3.31. The highest BCUT2D eigenvalue weighted by Crippen LogP contribution is 2.32. The minimum absolute atomic E-state index is 0.112. The molecule has 1 aliphatic carbocycles. The van der Waals surface area contributed by atoms with Crippen LogP contribution in [0.2, 0.25) is 0 Å². The van der Waals surface area contributed by atoms with Gasteiger partial charge in [-0.25, -0.2) is 0 Å². The summed E-state index contributed by atoms with van der Waals surface area (Å²) in [5, 5.41) is 3.15. The van der Waals surface area contributed by atoms with E-state index in [9.17, 15) is 4.79 Å². The molecule has 0 heterocycles. The van der Waals surface area contributed by atoms with Crippen molar-refractivity contribution in [1.82, 2.24) is 5.32 Å². The molecule has 2 aromatic rings. The number of aryl methyl sites for hydroxylation is 1. The molecule has 0 saturated heterocycles. The van der Waals surface area contributed by atoms with Crippen LogP contribution in [-0.2, 0) is 11.2 Å². The Labute approximate surface area is 137 Å². The first-order valence-electron chi connectivity index (χ1n) is 8.41. The number of carbonyl (C=O) groups is 1. The normalized spacial score (nSPS) is 18.1. The van der Waals surface area contributed by atoms with Crippen molar-refractivity contribution in [3.63, 3.8) is 0 Å². The second kappa shape index (κ2) is 6.97. The SMILES string of the molecule is CCC(=O)NC1CCCc2ccc(C(N)c3ccccc3)cc21. The monoisotopic (exact) mass is 308 g/mol. The molecule has 2 aromatic carbocycles. The van der Waals surface area contributed by atoms with Crippen LogP contribution in [0.15, 0.2) is 48.5 Å². The van der Waals surface area contributed by atoms with Gasteiger partial charge in [-0.05, 0) is 41.5 Å². The molecule has 3 nitrogen and oxygen atoms in total. The predicted molar refractivity (Wildman–Crippen MR) is 93.0 cm³/mol. The van der Waals surface area contributed by atoms with Crippen molar-refractivity contribution in [2.75, 3.05) is 0 Å². The molecule has 1 aliphatic rings. The molecule has 120 valence electrons. The number of benzene rings is 2. The number of carbonyl (C=O) groups excluding carboxylic acids is 1. The molecular formula is C20H24N2O. The van der Waals surface area contributed by atoms with Crippen LogP contribution >= 0.6 is 0 Å². The van der Waals surface area contributed by atoms with Gasteiger partial charge in [0.2, 0.25) is 5.91 Å². The summed E-state index contributed by atoms with van der Waals surface area (Å²) in [6.45, 7) is 1.89. The summed E-state index contributed by atoms with van der Waals surface area (Å²) in [6, 6.07) is 16.6. The Hall–Kier alpha value is -2.13. The van der Waals surface area contributed by atoms with Gasteiger partial charge in [-0.1, -0.05) is 55.5 Å². The van der Waals surface area contributed by atoms with Gasteiger partial charge < -0.3 is 11.1 Å². The molecule has 2 unspecified atom stereocenters. The molecule has 2 atom stereocenters. The van der Waals surface area contributed by atoms with Gasteiger partial charge >= 0.3 is 0 Å². The van der Waals surface area contributed by atoms with Crippen LogP contribution in [0.3, 0.4) is 0 Å². The Morgan fingerprint density at radius 2 is 2.00 bits per heavy atom. The Morgan fingerprint density at radius 1 is 1.22 bits per heavy atom. The zero-order chi connectivity index (χ0) is 16.2. The number of rotatable bonds is 4. The van der Waals surface area contributed by atoms with Crippen molar-refractivity contribution >= 4 is 5.91 Å². The van der Waals surface area contributed by atoms with Crippen molar-refractivity contribution < 1.29 is 4.79 Å². The van der Waals surface area contributed by atoms with Crippen LogP contribution in [0.5, 0.6) is 0 Å². The summed E-state index contributed by atoms with van der Waals surface area (Å²) in [5.74, 6) is 0.112. The first kappa shape index (κ1) is 15.8. The van der Waals surface area contributed by atoms with E-state index in [0.29, 0.717) is 6.42 Å². The first-order valence-corrected chi connectivity index (χ1v) is 8.41. The molecule has 0 aliphatic heterocycles. The highest BCUT2D eigenvalue weighted by atomic mass is 16.1. The van der Waals surface area contributed by atoms with Crippen LogP contribution < -0.4 is 11.1 Å². The molecule has 0 radical (unpaired) electrons. The van der Waals surface area contributed by atoms with Crippen LogP contribution in [-0.4, -0.2) is 5.91 Å². The summed E-state index contributed by atoms with van der Waals surface area (Å²) < 4.78 is 0. The Morgan fingerprint density at radius 3 is 2.74 bits per heavy atom. The molecule has 0 saturated carbocycles. The molecule has 3 N–H and O–H groups in total. The topological polar surface area (TPSA) is 55.1 Å². The Balaban J connectivity index is 1.90. The summed E-state index contributed by atoms with van der Waals surface area (Å²) in [7, 11) is 0. The number of amides is 1. The minimum atomic E-state index is -0.133. The summed E-state index contributed by atoms with van der Waals surface area (Å²) in [6.07, 6.45) is 3.72. The smallest absolute Gasteiger partial charge is 0.220 e. The highest BCUT2D eigenvalue weighted by Gasteiger charge is 2.22. The van der Waals surface area contributed by atoms with Gasteiger partial charge in [0, 0.05) is 6.42 Å². The average molecular weight is 308 g/mol. The lowest BCUT2D eigenvalue weighted by molar-refractivity contribution is -0.121. The highest BCUT2D eigenvalue weighted by molar-refractivity contribution is 5.76. The van der Waals surface area contributed by atoms with Crippen molar-refractivity contribution in [3.05, 3.63) is 70.8 Å². The zero-order valence-electron chi connectivity index (χ0n) is 13.6. The predicted octanol–water partition coefficient (Wildman–Crippen LogP) is 3.64. The van der Waals surface area contributed by atoms with Crippen LogP contribution in [0.25, 0.3) is 0 Å². The van der Waals surface area contributed by atoms with E-state index in [2.05, 4.69) is 35.6 Å². The summed E-state index contributed by atoms with van der Waals surface area (Å²) >= 11 is 0. The van der Waals surface area contributed by atoms with E-state index in [0.717, 1.165) is 30.4 Å². The van der Waals surface area contributed by atoms with Crippen molar-refractivity contribution in [2.45, 2.75) is 44.7 Å². The van der Waals surface area contributed by atoms with Gasteiger partial charge in [-0.15, -0.1) is 0 Å². The minimum Gasteiger partial charge on any atom is -0.349 e. The largest absolute Gasteiger partial charge is 0.349 e. The van der Waals surface area contributed by atoms with E-state index in [1.807, 2.05) is 25.1 Å². The van der Waals surface area contributed by atoms with Crippen molar-refractivity contribution in [1.29, 1.82) is 0 Å². The van der Waals surface area contributed by atoms with Gasteiger partial charge in [0.15, 0.2) is 0 Å². The third kappa shape index (κ3) is 3.45. The molecule has 23 heavy (non-hydrogen) atoms. The van der Waals surface area contributed by atoms with Crippen LogP contribution in [0.4, 0.5) is 0 Å². The molecule has 0 bridgehead atoms. The van der Waals surface area contributed by atoms with Crippen LogP contribution in [0.1, 0.15) is 60.5 Å². The standard InChI is InChI=1S/C20H24N2O/c1-2-19(23)22-18-10-6-9-14-11-12-16(13-17(14)18)20(21)15-7-4-3-5-8-15/h3-5,7-8,11-13,18,20H,2,6,9-10,21H2,1H3,(H,22,23). The van der Waals surface area contributed by atoms with Crippen LogP contribution in [0, 0.1) is 0 Å². The number of nitrogens with two attached hydrogens (primary N) is 1. The van der Waals surface area contributed by atoms with E-state index in [-0.39, 0.29) is 18.0 Å². The number of hydrogen-bond acceptors (Lipinski definition) is 2. The molecule has 0 spiro atoms. The quantitative estimate of drug-likeness (QED) is 0.906. The van der Waals surface area contributed by atoms with E-state index >= 15 is 0 Å². The molecule has 0 fully saturated rings. The second-order valence-corrected chi connectivity index (χ2v) is 6.21. The lowest BCUT2D eigenvalue weighted by Crippen LogP contribution is -2.30. The first-order chi connectivity index (χ1) is 11.2. The molecule has 3 heteroatoms. The number of hydrogen-bond donors (Lipinski definition) is 2. The van der Waals surface area contributed by atoms with Crippen molar-refractivity contribution in [2.24, 2.45) is 5.73 Å². The third-order valence-corrected chi connectivity index (χ3v) is 4.66. The number of fused-ring (bicyclic) bond motifs is 1. The third-order valence-electron chi connectivity index (χ3n) is 4.66. The van der Waals surface area contributed by atoms with Gasteiger partial charge in [-0.2, -0.15) is 0 Å². The molecule has 3 rings (SSSR count). The Kier molecular flexibility index (Phi) is 4.77. The second-order valence-electron chi connectivity index (χ2n) is 6.21. The van der Waals surface area contributed by atoms with Crippen molar-refractivity contribution in [3.8, 4) is 0 Å². The summed E-state index contributed by atoms with van der Waals surface area (Å²) in [4.78, 5) is 11.8. The maximum atomic E-state index is 11.8. The van der Waals surface area contributed by atoms with E-state index in [1.165, 1.54) is 11.1 Å². The van der Waals surface area contributed by atoms with E-state index in [1.54, 1.807) is 0 Å². The number of nitrogens with one attached hydrogen (secondary N) is 1. The van der Waals surface area contributed by atoms with E-state index < -0.39 is 0 Å². The molecule has 0 aromatic heterocycles. The van der Waals surface area contributed by atoms with Gasteiger partial charge in [-0.3, -0.25) is 4.79 Å². The molecule has 1 amide bonds. The Bertz CT molecular complexity index is 681. The average Bonchev–Trinajstić information content (AvgIpc) is 2.61. The molecular weight excluding hydrogens is 284 g/mol. The van der Waals surface area contributed by atoms with Gasteiger partial charge in [0.1, 0.15) is 0 Å². The maximum absolute atomic E-state index is 11.8. The van der Waals surface area contributed by atoms with Gasteiger partial charge in [0.05, 0.1) is 12.1 Å². The zero-order valence-corrected chi connectivity index (χ0v) is 13.6. The lowest BCUT2D eigenvalue weighted by Gasteiger charge is -2.28. The maximum Gasteiger partial charge on any atom is 0.220 e. The van der Waals surface area contributed by atoms with Gasteiger partial charge in [0.25, 0.3) is 0 Å². The fourth-order valence-corrected chi connectivity index (χ4v) is 3.31. The fraction of sp³-hybridized carbons (Fsp3) is 0.350. The van der Waals surface area contributed by atoms with E-state index in [4.69, 9.17) is 5.73 Å².